The molecule has 1 aromatic heterocycles. The zero-order chi connectivity index (χ0) is 24.3. The number of ether oxygens (including phenoxy) is 2. The average molecular weight is 476 g/mol. The Morgan fingerprint density at radius 3 is 2.32 bits per heavy atom. The SMILES string of the molecule is CCOC(=O)CCNC(=O)c1cn(C[C@@H]2CCCO2)cc(C(=O)NC2CCCCCCC2)c1=O. The van der Waals surface area contributed by atoms with Gasteiger partial charge in [-0.25, -0.2) is 0 Å². The third-order valence-corrected chi connectivity index (χ3v) is 6.37. The highest BCUT2D eigenvalue weighted by Crippen LogP contribution is 2.18. The van der Waals surface area contributed by atoms with Crippen molar-refractivity contribution in [2.45, 2.75) is 89.8 Å². The Bertz CT molecular complexity index is 898. The number of esters is 1. The zero-order valence-corrected chi connectivity index (χ0v) is 20.1. The van der Waals surface area contributed by atoms with Gasteiger partial charge in [0.05, 0.1) is 19.1 Å². The molecule has 9 nitrogen and oxygen atoms in total. The van der Waals surface area contributed by atoms with E-state index in [1.54, 1.807) is 11.5 Å². The number of carbonyl (C=O) groups is 3. The summed E-state index contributed by atoms with van der Waals surface area (Å²) in [5.41, 5.74) is -0.772. The van der Waals surface area contributed by atoms with Gasteiger partial charge in [0.1, 0.15) is 11.1 Å². The second-order valence-corrected chi connectivity index (χ2v) is 9.07. The van der Waals surface area contributed by atoms with Crippen LogP contribution < -0.4 is 16.1 Å². The lowest BCUT2D eigenvalue weighted by Gasteiger charge is -2.21. The summed E-state index contributed by atoms with van der Waals surface area (Å²) in [6.45, 7) is 3.15. The fourth-order valence-corrected chi connectivity index (χ4v) is 4.55. The highest BCUT2D eigenvalue weighted by Gasteiger charge is 2.23. The molecular formula is C25H37N3O6. The van der Waals surface area contributed by atoms with E-state index in [9.17, 15) is 19.2 Å². The first-order valence-electron chi connectivity index (χ1n) is 12.6. The summed E-state index contributed by atoms with van der Waals surface area (Å²) >= 11 is 0. The number of hydrogen-bond acceptors (Lipinski definition) is 6. The molecule has 188 valence electrons. The van der Waals surface area contributed by atoms with Gasteiger partial charge >= 0.3 is 5.97 Å². The lowest BCUT2D eigenvalue weighted by molar-refractivity contribution is -0.142. The molecule has 1 aliphatic heterocycles. The molecule has 1 atom stereocenters. The van der Waals surface area contributed by atoms with Crippen LogP contribution >= 0.6 is 0 Å². The first-order valence-corrected chi connectivity index (χ1v) is 12.6. The molecule has 9 heteroatoms. The average Bonchev–Trinajstić information content (AvgIpc) is 3.29. The van der Waals surface area contributed by atoms with Crippen LogP contribution in [-0.2, 0) is 20.8 Å². The van der Waals surface area contributed by atoms with Gasteiger partial charge in [0, 0.05) is 38.1 Å². The van der Waals surface area contributed by atoms with E-state index in [1.165, 1.54) is 18.8 Å². The summed E-state index contributed by atoms with van der Waals surface area (Å²) < 4.78 is 12.3. The molecule has 2 amide bonds. The number of hydrogen-bond donors (Lipinski definition) is 2. The summed E-state index contributed by atoms with van der Waals surface area (Å²) in [5.74, 6) is -1.49. The van der Waals surface area contributed by atoms with Crippen LogP contribution in [0.4, 0.5) is 0 Å². The minimum atomic E-state index is -0.615. The second-order valence-electron chi connectivity index (χ2n) is 9.07. The van der Waals surface area contributed by atoms with Crippen molar-refractivity contribution in [1.29, 1.82) is 0 Å². The normalized spacial score (nSPS) is 19.1. The van der Waals surface area contributed by atoms with Gasteiger partial charge in [0.25, 0.3) is 11.8 Å². The molecule has 2 aliphatic rings. The fourth-order valence-electron chi connectivity index (χ4n) is 4.55. The van der Waals surface area contributed by atoms with Gasteiger partial charge in [-0.1, -0.05) is 32.1 Å². The fraction of sp³-hybridized carbons (Fsp3) is 0.680. The van der Waals surface area contributed by atoms with Gasteiger partial charge in [0.15, 0.2) is 0 Å². The van der Waals surface area contributed by atoms with E-state index in [0.29, 0.717) is 13.2 Å². The van der Waals surface area contributed by atoms with Gasteiger partial charge in [-0.3, -0.25) is 19.2 Å². The molecular weight excluding hydrogens is 438 g/mol. The van der Waals surface area contributed by atoms with Crippen molar-refractivity contribution in [1.82, 2.24) is 15.2 Å². The van der Waals surface area contributed by atoms with E-state index in [1.807, 2.05) is 0 Å². The van der Waals surface area contributed by atoms with Gasteiger partial charge in [-0.15, -0.1) is 0 Å². The maximum absolute atomic E-state index is 13.1. The third-order valence-electron chi connectivity index (χ3n) is 6.37. The predicted molar refractivity (Wildman–Crippen MR) is 127 cm³/mol. The maximum atomic E-state index is 13.1. The minimum Gasteiger partial charge on any atom is -0.466 e. The summed E-state index contributed by atoms with van der Waals surface area (Å²) in [7, 11) is 0. The van der Waals surface area contributed by atoms with E-state index in [2.05, 4.69) is 10.6 Å². The summed E-state index contributed by atoms with van der Waals surface area (Å²) in [6, 6.07) is 0.0286. The highest BCUT2D eigenvalue weighted by atomic mass is 16.5. The molecule has 2 heterocycles. The largest absolute Gasteiger partial charge is 0.466 e. The lowest BCUT2D eigenvalue weighted by Crippen LogP contribution is -2.40. The molecule has 0 aromatic carbocycles. The molecule has 1 saturated heterocycles. The molecule has 0 radical (unpaired) electrons. The number of nitrogens with one attached hydrogen (secondary N) is 2. The summed E-state index contributed by atoms with van der Waals surface area (Å²) in [4.78, 5) is 50.6. The van der Waals surface area contributed by atoms with Crippen molar-refractivity contribution >= 4 is 17.8 Å². The highest BCUT2D eigenvalue weighted by molar-refractivity contribution is 5.99. The van der Waals surface area contributed by atoms with Crippen molar-refractivity contribution in [3.63, 3.8) is 0 Å². The third kappa shape index (κ3) is 7.68. The van der Waals surface area contributed by atoms with E-state index >= 15 is 0 Å². The van der Waals surface area contributed by atoms with Crippen molar-refractivity contribution in [3.8, 4) is 0 Å². The second kappa shape index (κ2) is 13.3. The van der Waals surface area contributed by atoms with E-state index in [4.69, 9.17) is 9.47 Å². The number of rotatable bonds is 9. The van der Waals surface area contributed by atoms with E-state index in [0.717, 1.165) is 51.4 Å². The topological polar surface area (TPSA) is 116 Å². The summed E-state index contributed by atoms with van der Waals surface area (Å²) in [5, 5.41) is 5.62. The van der Waals surface area contributed by atoms with Crippen LogP contribution in [0.5, 0.6) is 0 Å². The lowest BCUT2D eigenvalue weighted by atomic mass is 9.96. The van der Waals surface area contributed by atoms with Crippen molar-refractivity contribution in [3.05, 3.63) is 33.7 Å². The predicted octanol–water partition coefficient (Wildman–Crippen LogP) is 2.55. The molecule has 1 aromatic rings. The number of amides is 2. The minimum absolute atomic E-state index is 0.00550. The first kappa shape index (κ1) is 25.9. The maximum Gasteiger partial charge on any atom is 0.307 e. The van der Waals surface area contributed by atoms with Crippen LogP contribution in [0, 0.1) is 0 Å². The van der Waals surface area contributed by atoms with Crippen LogP contribution in [-0.4, -0.2) is 54.3 Å². The van der Waals surface area contributed by atoms with Crippen LogP contribution in [0.2, 0.25) is 0 Å². The smallest absolute Gasteiger partial charge is 0.307 e. The Morgan fingerprint density at radius 2 is 1.68 bits per heavy atom. The van der Waals surface area contributed by atoms with Crippen molar-refractivity contribution < 1.29 is 23.9 Å². The Morgan fingerprint density at radius 1 is 1.00 bits per heavy atom. The van der Waals surface area contributed by atoms with Crippen molar-refractivity contribution in [2.75, 3.05) is 19.8 Å². The Balaban J connectivity index is 1.77. The monoisotopic (exact) mass is 475 g/mol. The van der Waals surface area contributed by atoms with E-state index < -0.39 is 23.2 Å². The van der Waals surface area contributed by atoms with Crippen LogP contribution in [0.1, 0.15) is 91.8 Å². The van der Waals surface area contributed by atoms with Crippen LogP contribution in [0.15, 0.2) is 17.2 Å². The number of carbonyl (C=O) groups excluding carboxylic acids is 3. The summed E-state index contributed by atoms with van der Waals surface area (Å²) in [6.07, 6.45) is 12.2. The van der Waals surface area contributed by atoms with Gasteiger partial charge in [-0.05, 0) is 32.6 Å². The molecule has 0 bridgehead atoms. The molecule has 1 saturated carbocycles. The van der Waals surface area contributed by atoms with Gasteiger partial charge in [-0.2, -0.15) is 0 Å². The Kier molecular flexibility index (Phi) is 10.1. The Hall–Kier alpha value is -2.68. The van der Waals surface area contributed by atoms with Crippen LogP contribution in [0.25, 0.3) is 0 Å². The molecule has 2 N–H and O–H groups in total. The standard InChI is InChI=1S/C25H37N3O6/c1-2-33-22(29)12-13-26-24(31)20-16-28(15-19-11-8-14-34-19)17-21(23(20)30)25(32)27-18-9-6-4-3-5-7-10-18/h16-19H,2-15H2,1H3,(H,26,31)(H,27,32)/t19-/m0/s1. The molecule has 0 spiro atoms. The van der Waals surface area contributed by atoms with Gasteiger partial charge < -0.3 is 24.7 Å². The number of aromatic nitrogens is 1. The quantitative estimate of drug-likeness (QED) is 0.531. The Labute approximate surface area is 200 Å². The van der Waals surface area contributed by atoms with Crippen LogP contribution in [0.3, 0.4) is 0 Å². The molecule has 34 heavy (non-hydrogen) atoms. The van der Waals surface area contributed by atoms with Crippen molar-refractivity contribution in [2.24, 2.45) is 0 Å². The molecule has 2 fully saturated rings. The van der Waals surface area contributed by atoms with Gasteiger partial charge in [0.2, 0.25) is 5.43 Å². The number of pyridine rings is 1. The molecule has 1 aliphatic carbocycles. The first-order chi connectivity index (χ1) is 16.5. The van der Waals surface area contributed by atoms with E-state index in [-0.39, 0.29) is 42.8 Å². The molecule has 3 rings (SSSR count). The zero-order valence-electron chi connectivity index (χ0n) is 20.1. The number of nitrogens with zero attached hydrogens (tertiary/aromatic N) is 1. The molecule has 0 unspecified atom stereocenters.